The second-order valence-electron chi connectivity index (χ2n) is 2.33. The topological polar surface area (TPSA) is 26.0 Å². The minimum Gasteiger partial charge on any atom is -0.328 e. The van der Waals surface area contributed by atoms with Crippen LogP contribution in [0.15, 0.2) is 0 Å². The highest BCUT2D eigenvalue weighted by Crippen LogP contribution is 2.14. The molecule has 0 aromatic carbocycles. The van der Waals surface area contributed by atoms with E-state index in [1.54, 1.807) is 0 Å². The van der Waals surface area contributed by atoms with Gasteiger partial charge in [0.05, 0.1) is 0 Å². The van der Waals surface area contributed by atoms with Crippen LogP contribution >= 0.6 is 0 Å². The van der Waals surface area contributed by atoms with Crippen molar-refractivity contribution in [3.63, 3.8) is 0 Å². The molecule has 42 valence electrons. The lowest BCUT2D eigenvalue weighted by atomic mass is 9.97. The summed E-state index contributed by atoms with van der Waals surface area (Å²) in [6, 6.07) is 0.503. The van der Waals surface area contributed by atoms with Crippen molar-refractivity contribution in [1.29, 1.82) is 0 Å². The molecule has 1 heteroatoms. The van der Waals surface area contributed by atoms with E-state index in [1.807, 2.05) is 0 Å². The molecule has 0 aromatic rings. The van der Waals surface area contributed by atoms with Gasteiger partial charge in [-0.1, -0.05) is 19.3 Å². The smallest absolute Gasteiger partial charge is 0.119 e. The van der Waals surface area contributed by atoms with Crippen molar-refractivity contribution >= 4 is 0 Å². The molecule has 0 amide bonds. The Balaban J connectivity index is 2.13. The van der Waals surface area contributed by atoms with Crippen molar-refractivity contribution < 1.29 is 1.41 Å². The van der Waals surface area contributed by atoms with Gasteiger partial charge in [-0.3, -0.25) is 0 Å². The maximum absolute atomic E-state index is 6.85. The second kappa shape index (κ2) is 2.31. The van der Waals surface area contributed by atoms with Crippen LogP contribution < -0.4 is 5.73 Å². The van der Waals surface area contributed by atoms with E-state index in [0.717, 1.165) is 0 Å². The van der Waals surface area contributed by atoms with Crippen LogP contribution in [0.5, 0.6) is 0 Å². The van der Waals surface area contributed by atoms with Gasteiger partial charge in [-0.2, -0.15) is 0 Å². The maximum Gasteiger partial charge on any atom is 0.119 e. The molecule has 1 rings (SSSR count). The van der Waals surface area contributed by atoms with Crippen LogP contribution in [0.25, 0.3) is 0 Å². The Kier molecular flexibility index (Phi) is 1.29. The lowest BCUT2D eigenvalue weighted by Crippen LogP contribution is -2.22. The lowest BCUT2D eigenvalue weighted by Gasteiger charge is -2.15. The summed E-state index contributed by atoms with van der Waals surface area (Å²) in [6.07, 6.45) is 6.43. The Bertz CT molecular complexity index is 59.5. The molecular formula is C6H13N. The first-order valence-corrected chi connectivity index (χ1v) is 3.11. The second-order valence-corrected chi connectivity index (χ2v) is 2.33. The first kappa shape index (κ1) is 3.90. The van der Waals surface area contributed by atoms with Crippen molar-refractivity contribution in [2.45, 2.75) is 38.1 Å². The van der Waals surface area contributed by atoms with E-state index in [2.05, 4.69) is 5.73 Å². The van der Waals surface area contributed by atoms with E-state index in [4.69, 9.17) is 1.41 Å². The quantitative estimate of drug-likeness (QED) is 0.527. The third-order valence-electron chi connectivity index (χ3n) is 1.61. The van der Waals surface area contributed by atoms with Crippen LogP contribution in [0.2, 0.25) is 1.41 Å². The molecule has 2 N–H and O–H groups in total. The minimum absolute atomic E-state index is 0.503. The zero-order valence-electron chi connectivity index (χ0n) is 5.61. The highest BCUT2D eigenvalue weighted by atomic mass is 14.6. The van der Waals surface area contributed by atoms with Crippen molar-refractivity contribution in [3.8, 4) is 0 Å². The normalized spacial score (nSPS) is 27.1. The molecule has 0 atom stereocenters. The summed E-state index contributed by atoms with van der Waals surface area (Å²) < 4.78 is 6.85. The molecule has 1 nitrogen and oxygen atoms in total. The van der Waals surface area contributed by atoms with Crippen LogP contribution in [-0.4, -0.2) is 6.04 Å². The van der Waals surface area contributed by atoms with Gasteiger partial charge in [0.25, 0.3) is 0 Å². The Morgan fingerprint density at radius 2 is 2.00 bits per heavy atom. The van der Waals surface area contributed by atoms with E-state index in [0.29, 0.717) is 6.04 Å². The molecule has 0 aliphatic heterocycles. The van der Waals surface area contributed by atoms with Gasteiger partial charge in [0.15, 0.2) is 0 Å². The fourth-order valence-electron chi connectivity index (χ4n) is 1.10. The summed E-state index contributed by atoms with van der Waals surface area (Å²) in [7, 11) is 0. The molecule has 7 heavy (non-hydrogen) atoms. The molecule has 1 aliphatic rings. The number of hydrogen-bond donors (Lipinski definition) is 1. The van der Waals surface area contributed by atoms with E-state index >= 15 is 0 Å². The predicted octanol–water partition coefficient (Wildman–Crippen LogP) is 1.28. The monoisotopic (exact) mass is 100 g/mol. The maximum atomic E-state index is 6.85. The van der Waals surface area contributed by atoms with Gasteiger partial charge < -0.3 is 5.73 Å². The average molecular weight is 100 g/mol. The molecule has 0 aromatic heterocycles. The molecule has 0 heterocycles. The van der Waals surface area contributed by atoms with E-state index in [-0.39, 0.29) is 0 Å². The fraction of sp³-hybridized carbons (Fsp3) is 1.00. The van der Waals surface area contributed by atoms with Crippen LogP contribution in [-0.2, 0) is 0 Å². The van der Waals surface area contributed by atoms with Crippen molar-refractivity contribution in [2.24, 2.45) is 5.73 Å². The molecule has 0 bridgehead atoms. The van der Waals surface area contributed by atoms with Gasteiger partial charge in [0, 0.05) is 6.04 Å². The minimum atomic E-state index is 0.503. The fourth-order valence-corrected chi connectivity index (χ4v) is 1.10. The van der Waals surface area contributed by atoms with E-state index in [1.165, 1.54) is 32.1 Å². The largest absolute Gasteiger partial charge is 0.328 e. The molecule has 1 fully saturated rings. The van der Waals surface area contributed by atoms with Gasteiger partial charge in [0.1, 0.15) is 1.41 Å². The Morgan fingerprint density at radius 1 is 1.29 bits per heavy atom. The third-order valence-corrected chi connectivity index (χ3v) is 1.61. The first-order chi connectivity index (χ1) is 3.93. The summed E-state index contributed by atoms with van der Waals surface area (Å²) in [5.74, 6) is 0. The van der Waals surface area contributed by atoms with Crippen molar-refractivity contribution in [2.75, 3.05) is 0 Å². The summed E-state index contributed by atoms with van der Waals surface area (Å²) in [5.41, 5.74) is 2.55. The summed E-state index contributed by atoms with van der Waals surface area (Å²) in [5, 5.41) is 0. The SMILES string of the molecule is [2H]NC1CCCCC1. The van der Waals surface area contributed by atoms with E-state index in [9.17, 15) is 0 Å². The molecule has 1 aliphatic carbocycles. The summed E-state index contributed by atoms with van der Waals surface area (Å²) in [6.45, 7) is 0. The van der Waals surface area contributed by atoms with Gasteiger partial charge in [-0.15, -0.1) is 0 Å². The van der Waals surface area contributed by atoms with Crippen LogP contribution in [0.1, 0.15) is 32.1 Å². The molecule has 0 unspecified atom stereocenters. The summed E-state index contributed by atoms with van der Waals surface area (Å²) in [4.78, 5) is 0. The van der Waals surface area contributed by atoms with Gasteiger partial charge in [0.2, 0.25) is 0 Å². The zero-order chi connectivity index (χ0) is 5.82. The standard InChI is InChI=1S/C6H13N/c7-6-4-2-1-3-5-6/h6H,1-5,7H2/i/hD. The summed E-state index contributed by atoms with van der Waals surface area (Å²) >= 11 is 0. The highest BCUT2D eigenvalue weighted by Gasteiger charge is 2.06. The van der Waals surface area contributed by atoms with Crippen molar-refractivity contribution in [1.82, 2.24) is 0 Å². The average Bonchev–Trinajstić information content (AvgIpc) is 1.90. The molecule has 0 spiro atoms. The third kappa shape index (κ3) is 1.48. The van der Waals surface area contributed by atoms with E-state index < -0.39 is 0 Å². The molecule has 0 saturated heterocycles. The molecular weight excluding hydrogens is 86.1 g/mol. The van der Waals surface area contributed by atoms with Gasteiger partial charge in [-0.25, -0.2) is 0 Å². The first-order valence-electron chi connectivity index (χ1n) is 3.61. The number of rotatable bonds is 1. The van der Waals surface area contributed by atoms with Crippen LogP contribution in [0.4, 0.5) is 0 Å². The van der Waals surface area contributed by atoms with Gasteiger partial charge >= 0.3 is 0 Å². The van der Waals surface area contributed by atoms with Crippen LogP contribution in [0.3, 0.4) is 0 Å². The zero-order valence-corrected chi connectivity index (χ0v) is 4.61. The number of nitrogens with two attached hydrogens (primary N) is 1. The number of hydrogen-bond acceptors (Lipinski definition) is 1. The molecule has 0 radical (unpaired) electrons. The van der Waals surface area contributed by atoms with Crippen LogP contribution in [0, 0.1) is 0 Å². The highest BCUT2D eigenvalue weighted by molar-refractivity contribution is 4.66. The Morgan fingerprint density at radius 3 is 2.43 bits per heavy atom. The van der Waals surface area contributed by atoms with Crippen molar-refractivity contribution in [3.05, 3.63) is 0 Å². The Labute approximate surface area is 46.4 Å². The Hall–Kier alpha value is -0.0400. The lowest BCUT2D eigenvalue weighted by molar-refractivity contribution is 0.441. The van der Waals surface area contributed by atoms with Gasteiger partial charge in [-0.05, 0) is 12.8 Å². The predicted molar refractivity (Wildman–Crippen MR) is 31.1 cm³/mol. The molecule has 1 saturated carbocycles.